The Kier molecular flexibility index (Phi) is 6.24. The van der Waals surface area contributed by atoms with Crippen LogP contribution in [0.5, 0.6) is 0 Å². The Labute approximate surface area is 176 Å². The number of carbonyl (C=O) groups excluding carboxylic acids is 2. The van der Waals surface area contributed by atoms with Crippen molar-refractivity contribution < 1.29 is 29.0 Å². The molecule has 2 aliphatic rings. The van der Waals surface area contributed by atoms with Gasteiger partial charge in [0, 0.05) is 12.6 Å². The van der Waals surface area contributed by atoms with Gasteiger partial charge in [-0.3, -0.25) is 4.79 Å². The van der Waals surface area contributed by atoms with E-state index in [1.165, 1.54) is 0 Å². The number of carboxylic acids is 1. The first-order valence-corrected chi connectivity index (χ1v) is 10.3. The minimum absolute atomic E-state index is 0.102. The van der Waals surface area contributed by atoms with Gasteiger partial charge in [0.1, 0.15) is 12.2 Å². The van der Waals surface area contributed by atoms with Crippen LogP contribution in [0.25, 0.3) is 0 Å². The summed E-state index contributed by atoms with van der Waals surface area (Å²) < 4.78 is 10.8. The van der Waals surface area contributed by atoms with E-state index in [9.17, 15) is 19.5 Å². The van der Waals surface area contributed by atoms with E-state index in [0.29, 0.717) is 19.4 Å². The molecule has 1 aromatic carbocycles. The van der Waals surface area contributed by atoms with Crippen LogP contribution in [0.4, 0.5) is 9.59 Å². The van der Waals surface area contributed by atoms with E-state index in [2.05, 4.69) is 5.32 Å². The van der Waals surface area contributed by atoms with Crippen LogP contribution in [0.2, 0.25) is 0 Å². The predicted molar refractivity (Wildman–Crippen MR) is 109 cm³/mol. The third-order valence-corrected chi connectivity index (χ3v) is 5.50. The molecule has 3 rings (SSSR count). The second-order valence-electron chi connectivity index (χ2n) is 9.33. The van der Waals surface area contributed by atoms with E-state index in [-0.39, 0.29) is 25.0 Å². The average Bonchev–Trinajstić information content (AvgIpc) is 2.94. The Bertz CT molecular complexity index is 791. The van der Waals surface area contributed by atoms with E-state index >= 15 is 0 Å². The number of carbonyl (C=O) groups is 3. The van der Waals surface area contributed by atoms with Crippen molar-refractivity contribution in [3.05, 3.63) is 35.9 Å². The molecule has 2 amide bonds. The number of nitrogens with zero attached hydrogens (tertiary/aromatic N) is 1. The summed E-state index contributed by atoms with van der Waals surface area (Å²) in [6.07, 6.45) is 0.354. The number of benzene rings is 1. The molecule has 1 aliphatic heterocycles. The normalized spacial score (nSPS) is 25.5. The van der Waals surface area contributed by atoms with Gasteiger partial charge >= 0.3 is 18.2 Å². The van der Waals surface area contributed by atoms with Crippen molar-refractivity contribution in [2.45, 2.75) is 70.2 Å². The van der Waals surface area contributed by atoms with Crippen LogP contribution < -0.4 is 5.32 Å². The first-order valence-electron chi connectivity index (χ1n) is 10.3. The SMILES string of the molecule is CC(C)(C)OC(=O)N1CC2CC1CC(CC(=O)O)(NC(=O)OCc1ccccc1)C2. The standard InChI is InChI=1S/C22H30N2O6/c1-21(2,3)30-20(28)24-13-16-9-17(24)11-22(10-16,12-18(25)26)23-19(27)29-14-15-7-5-4-6-8-15/h4-8,16-17H,9-14H2,1-3H3,(H,23,27)(H,25,26). The van der Waals surface area contributed by atoms with Gasteiger partial charge < -0.3 is 24.8 Å². The van der Waals surface area contributed by atoms with Crippen molar-refractivity contribution in [2.75, 3.05) is 6.54 Å². The largest absolute Gasteiger partial charge is 0.481 e. The topological polar surface area (TPSA) is 105 Å². The minimum Gasteiger partial charge on any atom is -0.481 e. The fourth-order valence-corrected chi connectivity index (χ4v) is 4.54. The molecule has 1 saturated carbocycles. The predicted octanol–water partition coefficient (Wildman–Crippen LogP) is 3.55. The number of amides is 2. The molecule has 2 fully saturated rings. The molecule has 2 N–H and O–H groups in total. The third kappa shape index (κ3) is 5.64. The van der Waals surface area contributed by atoms with Crippen LogP contribution in [0.15, 0.2) is 30.3 Å². The molecular formula is C22H30N2O6. The smallest absolute Gasteiger partial charge is 0.410 e. The molecule has 164 valence electrons. The Morgan fingerprint density at radius 1 is 1.20 bits per heavy atom. The fraction of sp³-hybridized carbons (Fsp3) is 0.591. The van der Waals surface area contributed by atoms with Crippen molar-refractivity contribution in [1.82, 2.24) is 10.2 Å². The van der Waals surface area contributed by atoms with Crippen molar-refractivity contribution in [3.8, 4) is 0 Å². The lowest BCUT2D eigenvalue weighted by atomic mass is 9.74. The van der Waals surface area contributed by atoms with E-state index in [1.807, 2.05) is 51.1 Å². The fourth-order valence-electron chi connectivity index (χ4n) is 4.54. The van der Waals surface area contributed by atoms with Gasteiger partial charge in [-0.25, -0.2) is 9.59 Å². The van der Waals surface area contributed by atoms with Crippen molar-refractivity contribution in [2.24, 2.45) is 5.92 Å². The summed E-state index contributed by atoms with van der Waals surface area (Å²) in [7, 11) is 0. The number of likely N-dealkylation sites (tertiary alicyclic amines) is 1. The van der Waals surface area contributed by atoms with Crippen LogP contribution in [-0.4, -0.2) is 51.9 Å². The number of hydrogen-bond donors (Lipinski definition) is 2. The highest BCUT2D eigenvalue weighted by atomic mass is 16.6. The van der Waals surface area contributed by atoms with E-state index in [4.69, 9.17) is 9.47 Å². The summed E-state index contributed by atoms with van der Waals surface area (Å²) in [5.74, 6) is -0.895. The Hall–Kier alpha value is -2.77. The highest BCUT2D eigenvalue weighted by Crippen LogP contribution is 2.43. The maximum absolute atomic E-state index is 12.6. The Morgan fingerprint density at radius 3 is 2.53 bits per heavy atom. The molecule has 3 unspecified atom stereocenters. The number of rotatable bonds is 5. The molecule has 1 aromatic rings. The number of nitrogens with one attached hydrogen (secondary N) is 1. The summed E-state index contributed by atoms with van der Waals surface area (Å²) in [5, 5.41) is 12.3. The summed E-state index contributed by atoms with van der Waals surface area (Å²) in [6, 6.07) is 9.10. The number of carboxylic acid groups (broad SMARTS) is 1. The molecule has 30 heavy (non-hydrogen) atoms. The van der Waals surface area contributed by atoms with Gasteiger partial charge in [0.25, 0.3) is 0 Å². The van der Waals surface area contributed by atoms with Crippen LogP contribution >= 0.6 is 0 Å². The lowest BCUT2D eigenvalue weighted by molar-refractivity contribution is -0.139. The first-order chi connectivity index (χ1) is 14.1. The van der Waals surface area contributed by atoms with Gasteiger partial charge in [0.15, 0.2) is 0 Å². The molecule has 8 nitrogen and oxygen atoms in total. The number of hydrogen-bond acceptors (Lipinski definition) is 5. The average molecular weight is 418 g/mol. The zero-order valence-corrected chi connectivity index (χ0v) is 17.7. The summed E-state index contributed by atoms with van der Waals surface area (Å²) in [6.45, 7) is 6.04. The summed E-state index contributed by atoms with van der Waals surface area (Å²) in [4.78, 5) is 38.3. The van der Waals surface area contributed by atoms with E-state index < -0.39 is 29.3 Å². The molecule has 1 saturated heterocycles. The zero-order chi connectivity index (χ0) is 21.9. The van der Waals surface area contributed by atoms with Crippen LogP contribution in [0, 0.1) is 5.92 Å². The van der Waals surface area contributed by atoms with Crippen LogP contribution in [0.3, 0.4) is 0 Å². The molecule has 3 atom stereocenters. The van der Waals surface area contributed by atoms with Gasteiger partial charge in [0.2, 0.25) is 0 Å². The van der Waals surface area contributed by atoms with Gasteiger partial charge in [-0.15, -0.1) is 0 Å². The van der Waals surface area contributed by atoms with Gasteiger partial charge in [0.05, 0.1) is 12.0 Å². The third-order valence-electron chi connectivity index (χ3n) is 5.50. The number of fused-ring (bicyclic) bond motifs is 2. The minimum atomic E-state index is -0.997. The van der Waals surface area contributed by atoms with Crippen LogP contribution in [-0.2, 0) is 20.9 Å². The first kappa shape index (κ1) is 21.9. The monoisotopic (exact) mass is 418 g/mol. The van der Waals surface area contributed by atoms with Crippen molar-refractivity contribution in [1.29, 1.82) is 0 Å². The Morgan fingerprint density at radius 2 is 1.90 bits per heavy atom. The van der Waals surface area contributed by atoms with Crippen LogP contribution in [0.1, 0.15) is 52.0 Å². The summed E-state index contributed by atoms with van der Waals surface area (Å²) in [5.41, 5.74) is -0.713. The zero-order valence-electron chi connectivity index (χ0n) is 17.7. The number of alkyl carbamates (subject to hydrolysis) is 1. The van der Waals surface area contributed by atoms with Crippen molar-refractivity contribution >= 4 is 18.2 Å². The maximum Gasteiger partial charge on any atom is 0.410 e. The van der Waals surface area contributed by atoms with Gasteiger partial charge in [-0.2, -0.15) is 0 Å². The highest BCUT2D eigenvalue weighted by Gasteiger charge is 2.51. The Balaban J connectivity index is 1.67. The van der Waals surface area contributed by atoms with E-state index in [1.54, 1.807) is 4.90 Å². The number of ether oxygens (including phenoxy) is 2. The molecule has 2 bridgehead atoms. The molecular weight excluding hydrogens is 388 g/mol. The molecule has 1 heterocycles. The van der Waals surface area contributed by atoms with Crippen molar-refractivity contribution in [3.63, 3.8) is 0 Å². The molecule has 1 aliphatic carbocycles. The maximum atomic E-state index is 12.6. The second-order valence-corrected chi connectivity index (χ2v) is 9.33. The highest BCUT2D eigenvalue weighted by molar-refractivity contribution is 5.73. The molecule has 0 aromatic heterocycles. The quantitative estimate of drug-likeness (QED) is 0.758. The molecule has 0 radical (unpaired) electrons. The van der Waals surface area contributed by atoms with Gasteiger partial charge in [-0.1, -0.05) is 30.3 Å². The van der Waals surface area contributed by atoms with E-state index in [0.717, 1.165) is 12.0 Å². The lowest BCUT2D eigenvalue weighted by Crippen LogP contribution is -2.55. The summed E-state index contributed by atoms with van der Waals surface area (Å²) >= 11 is 0. The molecule has 0 spiro atoms. The second kappa shape index (κ2) is 8.53. The number of aliphatic carboxylic acids is 1. The van der Waals surface area contributed by atoms with Gasteiger partial charge in [-0.05, 0) is 51.5 Å². The lowest BCUT2D eigenvalue weighted by Gasteiger charge is -2.40. The molecule has 8 heteroatoms.